The Morgan fingerprint density at radius 2 is 2.05 bits per heavy atom. The highest BCUT2D eigenvalue weighted by molar-refractivity contribution is 7.89. The molecule has 0 unspecified atom stereocenters. The zero-order valence-electron chi connectivity index (χ0n) is 11.8. The topological polar surface area (TPSA) is 114 Å². The van der Waals surface area contributed by atoms with Crippen LogP contribution in [0.15, 0.2) is 23.4 Å². The molecule has 1 rings (SSSR count). The van der Waals surface area contributed by atoms with E-state index in [0.717, 1.165) is 0 Å². The van der Waals surface area contributed by atoms with E-state index >= 15 is 0 Å². The summed E-state index contributed by atoms with van der Waals surface area (Å²) in [5.41, 5.74) is 5.36. The molecule has 1 aromatic rings. The summed E-state index contributed by atoms with van der Waals surface area (Å²) in [5.74, 6) is -0.223. The van der Waals surface area contributed by atoms with Crippen molar-refractivity contribution < 1.29 is 13.2 Å². The van der Waals surface area contributed by atoms with Gasteiger partial charge in [0.1, 0.15) is 4.90 Å². The van der Waals surface area contributed by atoms with Crippen LogP contribution in [0.25, 0.3) is 0 Å². The van der Waals surface area contributed by atoms with Gasteiger partial charge in [0.2, 0.25) is 15.9 Å². The predicted octanol–water partition coefficient (Wildman–Crippen LogP) is 0.247. The Bertz CT molecular complexity index is 579. The summed E-state index contributed by atoms with van der Waals surface area (Å²) in [6, 6.07) is 1.40. The first-order valence-corrected chi connectivity index (χ1v) is 7.60. The second kappa shape index (κ2) is 6.19. The van der Waals surface area contributed by atoms with E-state index in [-0.39, 0.29) is 35.0 Å². The first kappa shape index (κ1) is 16.4. The number of rotatable bonds is 5. The van der Waals surface area contributed by atoms with Gasteiger partial charge in [-0.25, -0.2) is 13.1 Å². The average molecular weight is 300 g/mol. The van der Waals surface area contributed by atoms with Crippen molar-refractivity contribution in [1.82, 2.24) is 15.0 Å². The molecule has 0 bridgehead atoms. The summed E-state index contributed by atoms with van der Waals surface area (Å²) >= 11 is 0. The van der Waals surface area contributed by atoms with Gasteiger partial charge >= 0.3 is 0 Å². The van der Waals surface area contributed by atoms with Crippen LogP contribution in [0, 0.1) is 0 Å². The van der Waals surface area contributed by atoms with Crippen LogP contribution >= 0.6 is 0 Å². The molecular formula is C12H20N4O3S. The number of nitrogen functional groups attached to an aromatic ring is 1. The molecule has 8 heteroatoms. The lowest BCUT2D eigenvalue weighted by atomic mass is 10.1. The van der Waals surface area contributed by atoms with Crippen molar-refractivity contribution >= 4 is 21.6 Å². The minimum absolute atomic E-state index is 0.00141. The molecule has 1 amide bonds. The molecule has 112 valence electrons. The number of hydrogen-bond acceptors (Lipinski definition) is 5. The molecule has 0 atom stereocenters. The Morgan fingerprint density at radius 3 is 2.60 bits per heavy atom. The van der Waals surface area contributed by atoms with E-state index in [0.29, 0.717) is 0 Å². The van der Waals surface area contributed by atoms with E-state index in [1.807, 2.05) is 20.8 Å². The van der Waals surface area contributed by atoms with Crippen LogP contribution in [0.3, 0.4) is 0 Å². The number of nitrogens with two attached hydrogens (primary N) is 1. The zero-order chi connectivity index (χ0) is 15.4. The normalized spacial score (nSPS) is 12.2. The second-order valence-electron chi connectivity index (χ2n) is 5.36. The summed E-state index contributed by atoms with van der Waals surface area (Å²) in [6.07, 6.45) is 2.63. The fraction of sp³-hybridized carbons (Fsp3) is 0.500. The van der Waals surface area contributed by atoms with E-state index in [9.17, 15) is 13.2 Å². The summed E-state index contributed by atoms with van der Waals surface area (Å²) in [6.45, 7) is 5.56. The highest BCUT2D eigenvalue weighted by atomic mass is 32.2. The number of carbonyl (C=O) groups excluding carboxylic acids is 1. The van der Waals surface area contributed by atoms with Crippen molar-refractivity contribution in [1.29, 1.82) is 0 Å². The van der Waals surface area contributed by atoms with Gasteiger partial charge in [-0.3, -0.25) is 9.78 Å². The lowest BCUT2D eigenvalue weighted by Crippen LogP contribution is -2.42. The average Bonchev–Trinajstić information content (AvgIpc) is 2.26. The maximum atomic E-state index is 12.0. The Labute approximate surface area is 119 Å². The quantitative estimate of drug-likeness (QED) is 0.721. The van der Waals surface area contributed by atoms with Crippen molar-refractivity contribution in [3.63, 3.8) is 0 Å². The number of nitrogens with one attached hydrogen (secondary N) is 2. The molecule has 0 fully saturated rings. The molecule has 0 saturated heterocycles. The van der Waals surface area contributed by atoms with Gasteiger partial charge in [0.15, 0.2) is 0 Å². The second-order valence-corrected chi connectivity index (χ2v) is 7.09. The molecular weight excluding hydrogens is 280 g/mol. The molecule has 0 spiro atoms. The van der Waals surface area contributed by atoms with Crippen molar-refractivity contribution in [2.24, 2.45) is 0 Å². The fourth-order valence-corrected chi connectivity index (χ4v) is 2.58. The number of aromatic nitrogens is 1. The third-order valence-corrected chi connectivity index (χ3v) is 3.77. The zero-order valence-corrected chi connectivity index (χ0v) is 12.6. The third-order valence-electron chi connectivity index (χ3n) is 2.26. The van der Waals surface area contributed by atoms with Gasteiger partial charge in [-0.2, -0.15) is 0 Å². The van der Waals surface area contributed by atoms with Gasteiger partial charge in [-0.05, 0) is 26.8 Å². The van der Waals surface area contributed by atoms with E-state index < -0.39 is 10.0 Å². The van der Waals surface area contributed by atoms with E-state index in [1.165, 1.54) is 18.5 Å². The van der Waals surface area contributed by atoms with Crippen molar-refractivity contribution in [3.8, 4) is 0 Å². The number of sulfonamides is 1. The third kappa shape index (κ3) is 5.14. The molecule has 0 saturated carbocycles. The molecule has 0 aromatic carbocycles. The number of carbonyl (C=O) groups is 1. The summed E-state index contributed by atoms with van der Waals surface area (Å²) < 4.78 is 26.2. The standard InChI is InChI=1S/C12H20N4O3S/c1-12(2,3)16-11(17)5-7-15-20(18,19)10-8-14-6-4-9(10)13/h4,6,8,15H,5,7H2,1-3H3,(H2,13,14)(H,16,17). The smallest absolute Gasteiger partial charge is 0.244 e. The molecule has 4 N–H and O–H groups in total. The molecule has 1 aromatic heterocycles. The maximum Gasteiger partial charge on any atom is 0.244 e. The fourth-order valence-electron chi connectivity index (χ4n) is 1.47. The molecule has 7 nitrogen and oxygen atoms in total. The largest absolute Gasteiger partial charge is 0.398 e. The van der Waals surface area contributed by atoms with Gasteiger partial charge in [0.05, 0.1) is 5.69 Å². The molecule has 1 heterocycles. The van der Waals surface area contributed by atoms with Crippen LogP contribution < -0.4 is 15.8 Å². The van der Waals surface area contributed by atoms with Crippen LogP contribution in [0.1, 0.15) is 27.2 Å². The van der Waals surface area contributed by atoms with Crippen LogP contribution in [0.4, 0.5) is 5.69 Å². The van der Waals surface area contributed by atoms with Gasteiger partial charge in [-0.1, -0.05) is 0 Å². The minimum Gasteiger partial charge on any atom is -0.398 e. The van der Waals surface area contributed by atoms with Gasteiger partial charge < -0.3 is 11.1 Å². The van der Waals surface area contributed by atoms with Gasteiger partial charge in [-0.15, -0.1) is 0 Å². The predicted molar refractivity (Wildman–Crippen MR) is 76.4 cm³/mol. The number of amides is 1. The van der Waals surface area contributed by atoms with E-state index in [1.54, 1.807) is 0 Å². The van der Waals surface area contributed by atoms with Crippen LogP contribution in [0.5, 0.6) is 0 Å². The molecule has 0 aliphatic heterocycles. The molecule has 0 radical (unpaired) electrons. The Kier molecular flexibility index (Phi) is 5.07. The van der Waals surface area contributed by atoms with E-state index in [4.69, 9.17) is 5.73 Å². The molecule has 20 heavy (non-hydrogen) atoms. The van der Waals surface area contributed by atoms with Crippen molar-refractivity contribution in [2.45, 2.75) is 37.6 Å². The number of nitrogens with zero attached hydrogens (tertiary/aromatic N) is 1. The summed E-state index contributed by atoms with van der Waals surface area (Å²) in [7, 11) is -3.75. The summed E-state index contributed by atoms with van der Waals surface area (Å²) in [5, 5.41) is 2.75. The lowest BCUT2D eigenvalue weighted by Gasteiger charge is -2.20. The highest BCUT2D eigenvalue weighted by Gasteiger charge is 2.18. The molecule has 0 aliphatic rings. The molecule has 0 aliphatic carbocycles. The summed E-state index contributed by atoms with van der Waals surface area (Å²) in [4.78, 5) is 15.2. The van der Waals surface area contributed by atoms with E-state index in [2.05, 4.69) is 15.0 Å². The van der Waals surface area contributed by atoms with Crippen LogP contribution in [-0.4, -0.2) is 31.4 Å². The van der Waals surface area contributed by atoms with Crippen molar-refractivity contribution in [2.75, 3.05) is 12.3 Å². The Balaban J connectivity index is 2.58. The number of pyridine rings is 1. The van der Waals surface area contributed by atoms with Gasteiger partial charge in [0, 0.05) is 30.9 Å². The maximum absolute atomic E-state index is 12.0. The van der Waals surface area contributed by atoms with Gasteiger partial charge in [0.25, 0.3) is 0 Å². The highest BCUT2D eigenvalue weighted by Crippen LogP contribution is 2.15. The van der Waals surface area contributed by atoms with Crippen LogP contribution in [0.2, 0.25) is 0 Å². The first-order chi connectivity index (χ1) is 9.12. The first-order valence-electron chi connectivity index (χ1n) is 6.12. The monoisotopic (exact) mass is 300 g/mol. The SMILES string of the molecule is CC(C)(C)NC(=O)CCNS(=O)(=O)c1cnccc1N. The lowest BCUT2D eigenvalue weighted by molar-refractivity contribution is -0.122. The Morgan fingerprint density at radius 1 is 1.40 bits per heavy atom. The number of anilines is 1. The van der Waals surface area contributed by atoms with Crippen LogP contribution in [-0.2, 0) is 14.8 Å². The minimum atomic E-state index is -3.75. The van der Waals surface area contributed by atoms with Crippen molar-refractivity contribution in [3.05, 3.63) is 18.5 Å². The Hall–Kier alpha value is -1.67. The number of hydrogen-bond donors (Lipinski definition) is 3.